The second kappa shape index (κ2) is 7.49. The lowest BCUT2D eigenvalue weighted by Gasteiger charge is -2.30. The molecule has 1 aromatic carbocycles. The van der Waals surface area contributed by atoms with E-state index in [2.05, 4.69) is 40.5 Å². The zero-order valence-electron chi connectivity index (χ0n) is 14.3. The predicted molar refractivity (Wildman–Crippen MR) is 98.5 cm³/mol. The molecule has 0 amide bonds. The predicted octanol–water partition coefficient (Wildman–Crippen LogP) is 3.49. The number of ether oxygens (including phenoxy) is 1. The maximum absolute atomic E-state index is 5.72. The highest BCUT2D eigenvalue weighted by molar-refractivity contribution is 5.81. The molecular formula is C20H27N3O. The summed E-state index contributed by atoms with van der Waals surface area (Å²) in [7, 11) is 0. The second-order valence-electron chi connectivity index (χ2n) is 6.98. The molecule has 4 rings (SSSR count). The van der Waals surface area contributed by atoms with Gasteiger partial charge in [0, 0.05) is 43.7 Å². The quantitative estimate of drug-likeness (QED) is 0.913. The molecule has 2 aliphatic heterocycles. The van der Waals surface area contributed by atoms with Crippen molar-refractivity contribution in [3.8, 4) is 0 Å². The van der Waals surface area contributed by atoms with Crippen LogP contribution in [0.25, 0.3) is 10.9 Å². The number of benzene rings is 1. The van der Waals surface area contributed by atoms with Crippen LogP contribution in [0.15, 0.2) is 30.3 Å². The highest BCUT2D eigenvalue weighted by Crippen LogP contribution is 2.26. The van der Waals surface area contributed by atoms with Crippen molar-refractivity contribution >= 4 is 16.7 Å². The van der Waals surface area contributed by atoms with Gasteiger partial charge in [-0.05, 0) is 44.2 Å². The summed E-state index contributed by atoms with van der Waals surface area (Å²) in [5.41, 5.74) is 2.41. The lowest BCUT2D eigenvalue weighted by Crippen LogP contribution is -2.32. The molecule has 2 saturated heterocycles. The average molecular weight is 325 g/mol. The lowest BCUT2D eigenvalue weighted by molar-refractivity contribution is 0.110. The first-order valence-corrected chi connectivity index (χ1v) is 9.36. The van der Waals surface area contributed by atoms with Crippen molar-refractivity contribution in [3.05, 3.63) is 35.9 Å². The summed E-state index contributed by atoms with van der Waals surface area (Å²) in [6, 6.07) is 10.8. The number of hydrogen-bond acceptors (Lipinski definition) is 4. The average Bonchev–Trinajstić information content (AvgIpc) is 3.15. The molecule has 1 atom stereocenters. The number of nitrogens with one attached hydrogen (secondary N) is 1. The van der Waals surface area contributed by atoms with Crippen LogP contribution in [0.4, 0.5) is 5.82 Å². The maximum Gasteiger partial charge on any atom is 0.133 e. The molecule has 1 N–H and O–H groups in total. The van der Waals surface area contributed by atoms with Crippen LogP contribution in [0.2, 0.25) is 0 Å². The van der Waals surface area contributed by atoms with E-state index in [1.807, 2.05) is 0 Å². The van der Waals surface area contributed by atoms with E-state index < -0.39 is 0 Å². The zero-order valence-corrected chi connectivity index (χ0v) is 14.3. The summed E-state index contributed by atoms with van der Waals surface area (Å²) in [5.74, 6) is 1.17. The Kier molecular flexibility index (Phi) is 4.95. The Morgan fingerprint density at radius 3 is 2.83 bits per heavy atom. The summed E-state index contributed by atoms with van der Waals surface area (Å²) in [6.45, 7) is 4.98. The van der Waals surface area contributed by atoms with Crippen LogP contribution in [0.5, 0.6) is 0 Å². The zero-order chi connectivity index (χ0) is 16.2. The summed E-state index contributed by atoms with van der Waals surface area (Å²) in [4.78, 5) is 7.48. The van der Waals surface area contributed by atoms with E-state index in [1.54, 1.807) is 0 Å². The van der Waals surface area contributed by atoms with E-state index in [1.165, 1.54) is 48.9 Å². The van der Waals surface area contributed by atoms with Crippen LogP contribution < -0.4 is 10.2 Å². The molecule has 0 unspecified atom stereocenters. The molecule has 2 aliphatic rings. The van der Waals surface area contributed by atoms with Gasteiger partial charge >= 0.3 is 0 Å². The monoisotopic (exact) mass is 325 g/mol. The first-order chi connectivity index (χ1) is 11.9. The number of anilines is 1. The highest BCUT2D eigenvalue weighted by atomic mass is 16.5. The number of pyridine rings is 1. The standard InChI is InChI=1S/C20H27N3O/c1-4-10-23(11-5-1)20-17(14-21-15-18-8-6-12-24-18)13-16-7-2-3-9-19(16)22-20/h2-3,7,9,13,18,21H,1,4-6,8,10-12,14-15H2/t18-/m0/s1. The summed E-state index contributed by atoms with van der Waals surface area (Å²) in [6.07, 6.45) is 6.66. The van der Waals surface area contributed by atoms with Gasteiger partial charge in [-0.3, -0.25) is 0 Å². The fourth-order valence-corrected chi connectivity index (χ4v) is 3.83. The smallest absolute Gasteiger partial charge is 0.133 e. The van der Waals surface area contributed by atoms with Crippen LogP contribution in [0, 0.1) is 0 Å². The largest absolute Gasteiger partial charge is 0.377 e. The van der Waals surface area contributed by atoms with Crippen LogP contribution in [0.3, 0.4) is 0 Å². The Morgan fingerprint density at radius 1 is 1.12 bits per heavy atom. The van der Waals surface area contributed by atoms with Gasteiger partial charge in [-0.25, -0.2) is 4.98 Å². The molecule has 0 spiro atoms. The third kappa shape index (κ3) is 3.55. The Bertz CT molecular complexity index is 676. The van der Waals surface area contributed by atoms with Crippen molar-refractivity contribution in [2.24, 2.45) is 0 Å². The molecule has 1 aromatic heterocycles. The lowest BCUT2D eigenvalue weighted by atomic mass is 10.1. The number of fused-ring (bicyclic) bond motifs is 1. The molecule has 0 saturated carbocycles. The minimum Gasteiger partial charge on any atom is -0.377 e. The first kappa shape index (κ1) is 15.9. The minimum atomic E-state index is 0.386. The molecule has 0 aliphatic carbocycles. The van der Waals surface area contributed by atoms with Gasteiger partial charge in [-0.15, -0.1) is 0 Å². The molecule has 128 valence electrons. The van der Waals surface area contributed by atoms with Crippen LogP contribution >= 0.6 is 0 Å². The van der Waals surface area contributed by atoms with Crippen molar-refractivity contribution in [1.29, 1.82) is 0 Å². The molecule has 3 heterocycles. The normalized spacial score (nSPS) is 21.5. The first-order valence-electron chi connectivity index (χ1n) is 9.36. The van der Waals surface area contributed by atoms with E-state index in [9.17, 15) is 0 Å². The van der Waals surface area contributed by atoms with Crippen LogP contribution in [-0.4, -0.2) is 37.3 Å². The molecule has 2 aromatic rings. The summed E-state index contributed by atoms with van der Waals surface area (Å²) >= 11 is 0. The second-order valence-corrected chi connectivity index (χ2v) is 6.98. The van der Waals surface area contributed by atoms with Crippen molar-refractivity contribution in [2.45, 2.75) is 44.8 Å². The van der Waals surface area contributed by atoms with Gasteiger partial charge < -0.3 is 15.0 Å². The van der Waals surface area contributed by atoms with Crippen molar-refractivity contribution in [3.63, 3.8) is 0 Å². The van der Waals surface area contributed by atoms with Gasteiger partial charge in [0.2, 0.25) is 0 Å². The summed E-state index contributed by atoms with van der Waals surface area (Å²) < 4.78 is 5.72. The molecule has 4 nitrogen and oxygen atoms in total. The van der Waals surface area contributed by atoms with E-state index in [4.69, 9.17) is 9.72 Å². The highest BCUT2D eigenvalue weighted by Gasteiger charge is 2.18. The third-order valence-corrected chi connectivity index (χ3v) is 5.15. The van der Waals surface area contributed by atoms with Gasteiger partial charge in [0.25, 0.3) is 0 Å². The number of aromatic nitrogens is 1. The molecule has 4 heteroatoms. The molecule has 0 bridgehead atoms. The van der Waals surface area contributed by atoms with Crippen molar-refractivity contribution in [2.75, 3.05) is 31.1 Å². The maximum atomic E-state index is 5.72. The van der Waals surface area contributed by atoms with Crippen molar-refractivity contribution < 1.29 is 4.74 Å². The Labute approximate surface area is 144 Å². The SMILES string of the molecule is c1ccc2nc(N3CCCCC3)c(CNC[C@@H]3CCCO3)cc2c1. The number of rotatable bonds is 5. The topological polar surface area (TPSA) is 37.4 Å². The van der Waals surface area contributed by atoms with Crippen LogP contribution in [-0.2, 0) is 11.3 Å². The Morgan fingerprint density at radius 2 is 2.00 bits per heavy atom. The minimum absolute atomic E-state index is 0.386. The van der Waals surface area contributed by atoms with Gasteiger partial charge in [0.15, 0.2) is 0 Å². The van der Waals surface area contributed by atoms with Crippen LogP contribution in [0.1, 0.15) is 37.7 Å². The Balaban J connectivity index is 1.55. The molecule has 2 fully saturated rings. The third-order valence-electron chi connectivity index (χ3n) is 5.15. The van der Waals surface area contributed by atoms with Gasteiger partial charge in [-0.1, -0.05) is 18.2 Å². The molecule has 24 heavy (non-hydrogen) atoms. The van der Waals surface area contributed by atoms with Gasteiger partial charge in [0.05, 0.1) is 11.6 Å². The van der Waals surface area contributed by atoms with E-state index in [0.29, 0.717) is 6.10 Å². The number of para-hydroxylation sites is 1. The Hall–Kier alpha value is -1.65. The van der Waals surface area contributed by atoms with E-state index >= 15 is 0 Å². The number of nitrogens with zero attached hydrogens (tertiary/aromatic N) is 2. The molecule has 0 radical (unpaired) electrons. The van der Waals surface area contributed by atoms with E-state index in [-0.39, 0.29) is 0 Å². The fraction of sp³-hybridized carbons (Fsp3) is 0.550. The fourth-order valence-electron chi connectivity index (χ4n) is 3.83. The number of hydrogen-bond donors (Lipinski definition) is 1. The van der Waals surface area contributed by atoms with E-state index in [0.717, 1.165) is 38.3 Å². The van der Waals surface area contributed by atoms with Crippen molar-refractivity contribution in [1.82, 2.24) is 10.3 Å². The van der Waals surface area contributed by atoms with Gasteiger partial charge in [0.1, 0.15) is 5.82 Å². The van der Waals surface area contributed by atoms with Gasteiger partial charge in [-0.2, -0.15) is 0 Å². The summed E-state index contributed by atoms with van der Waals surface area (Å²) in [5, 5.41) is 4.83. The number of piperidine rings is 1. The molecular weight excluding hydrogens is 298 g/mol.